The topological polar surface area (TPSA) is 85.7 Å². The van der Waals surface area contributed by atoms with Crippen LogP contribution in [0.4, 0.5) is 23.1 Å². The first kappa shape index (κ1) is 18.9. The molecule has 0 amide bonds. The molecule has 0 bridgehead atoms. The summed E-state index contributed by atoms with van der Waals surface area (Å²) in [7, 11) is 1.88. The summed E-state index contributed by atoms with van der Waals surface area (Å²) < 4.78 is 0. The fourth-order valence-electron chi connectivity index (χ4n) is 2.84. The normalized spacial score (nSPS) is 10.5. The van der Waals surface area contributed by atoms with E-state index in [1.165, 1.54) is 0 Å². The molecule has 0 saturated carbocycles. The number of aryl methyl sites for hydroxylation is 2. The summed E-state index contributed by atoms with van der Waals surface area (Å²) in [6.45, 7) is 4.15. The standard InChI is InChI=1S/C22H22N6/c1-15-12-18(8-10-24-3)13-16(2)21(15)27-20-9-11-25-22(28-20)26-19-6-4-17(14-23)5-7-19/h4-13,24H,1-3H3,(H2,25,26,27,28)/b10-8+. The van der Waals surface area contributed by atoms with Crippen LogP contribution in [-0.4, -0.2) is 17.0 Å². The minimum atomic E-state index is 0.485. The molecule has 0 aliphatic heterocycles. The van der Waals surface area contributed by atoms with Gasteiger partial charge >= 0.3 is 0 Å². The molecule has 0 saturated heterocycles. The molecule has 3 aromatic rings. The number of aromatic nitrogens is 2. The molecule has 1 heterocycles. The predicted molar refractivity (Wildman–Crippen MR) is 114 cm³/mol. The minimum absolute atomic E-state index is 0.485. The fourth-order valence-corrected chi connectivity index (χ4v) is 2.84. The predicted octanol–water partition coefficient (Wildman–Crippen LogP) is 4.64. The zero-order chi connectivity index (χ0) is 19.9. The zero-order valence-corrected chi connectivity index (χ0v) is 16.1. The van der Waals surface area contributed by atoms with Gasteiger partial charge < -0.3 is 16.0 Å². The molecule has 1 aromatic heterocycles. The summed E-state index contributed by atoms with van der Waals surface area (Å²) in [5.41, 5.74) is 5.88. The number of hydrogen-bond acceptors (Lipinski definition) is 6. The molecule has 3 rings (SSSR count). The fraction of sp³-hybridized carbons (Fsp3) is 0.136. The van der Waals surface area contributed by atoms with Gasteiger partial charge in [0.15, 0.2) is 0 Å². The average Bonchev–Trinajstić information content (AvgIpc) is 2.70. The summed E-state index contributed by atoms with van der Waals surface area (Å²) in [6.07, 6.45) is 5.65. The number of anilines is 4. The van der Waals surface area contributed by atoms with Crippen molar-refractivity contribution in [3.63, 3.8) is 0 Å². The Balaban J connectivity index is 1.79. The zero-order valence-electron chi connectivity index (χ0n) is 16.1. The van der Waals surface area contributed by atoms with E-state index in [2.05, 4.69) is 58.0 Å². The van der Waals surface area contributed by atoms with Gasteiger partial charge in [0.05, 0.1) is 11.6 Å². The Hall–Kier alpha value is -3.85. The van der Waals surface area contributed by atoms with Crippen molar-refractivity contribution < 1.29 is 0 Å². The number of nitrogens with one attached hydrogen (secondary N) is 3. The van der Waals surface area contributed by atoms with E-state index in [1.807, 2.05) is 37.5 Å². The lowest BCUT2D eigenvalue weighted by Crippen LogP contribution is -2.02. The van der Waals surface area contributed by atoms with Crippen molar-refractivity contribution in [2.24, 2.45) is 0 Å². The lowest BCUT2D eigenvalue weighted by Gasteiger charge is -2.14. The second-order valence-electron chi connectivity index (χ2n) is 6.36. The van der Waals surface area contributed by atoms with Crippen LogP contribution in [0.25, 0.3) is 6.08 Å². The molecule has 6 heteroatoms. The van der Waals surface area contributed by atoms with E-state index in [9.17, 15) is 0 Å². The lowest BCUT2D eigenvalue weighted by molar-refractivity contribution is 1.11. The van der Waals surface area contributed by atoms with Gasteiger partial charge in [-0.2, -0.15) is 10.2 Å². The SMILES string of the molecule is CN/C=C/c1cc(C)c(Nc2ccnc(Nc3ccc(C#N)cc3)n2)c(C)c1. The maximum atomic E-state index is 8.89. The molecule has 2 aromatic carbocycles. The number of rotatable bonds is 6. The maximum absolute atomic E-state index is 8.89. The second-order valence-corrected chi connectivity index (χ2v) is 6.36. The van der Waals surface area contributed by atoms with Crippen molar-refractivity contribution in [3.05, 3.63) is 77.1 Å². The van der Waals surface area contributed by atoms with Crippen molar-refractivity contribution in [1.29, 1.82) is 5.26 Å². The number of nitriles is 1. The van der Waals surface area contributed by atoms with Gasteiger partial charge in [-0.1, -0.05) is 0 Å². The molecule has 0 aliphatic carbocycles. The maximum Gasteiger partial charge on any atom is 0.229 e. The second kappa shape index (κ2) is 8.69. The molecule has 28 heavy (non-hydrogen) atoms. The van der Waals surface area contributed by atoms with Crippen LogP contribution >= 0.6 is 0 Å². The highest BCUT2D eigenvalue weighted by Gasteiger charge is 2.07. The molecular formula is C22H22N6. The van der Waals surface area contributed by atoms with E-state index in [4.69, 9.17) is 5.26 Å². The van der Waals surface area contributed by atoms with Crippen LogP contribution in [-0.2, 0) is 0 Å². The summed E-state index contributed by atoms with van der Waals surface area (Å²) in [4.78, 5) is 8.81. The van der Waals surface area contributed by atoms with Gasteiger partial charge in [-0.25, -0.2) is 4.98 Å². The highest BCUT2D eigenvalue weighted by Crippen LogP contribution is 2.26. The molecule has 140 valence electrons. The molecule has 0 atom stereocenters. The molecule has 0 fully saturated rings. The van der Waals surface area contributed by atoms with Crippen LogP contribution in [0, 0.1) is 25.2 Å². The first-order valence-corrected chi connectivity index (χ1v) is 8.91. The van der Waals surface area contributed by atoms with Crippen molar-refractivity contribution >= 4 is 29.2 Å². The van der Waals surface area contributed by atoms with Gasteiger partial charge in [0.2, 0.25) is 5.95 Å². The van der Waals surface area contributed by atoms with Gasteiger partial charge in [0.25, 0.3) is 0 Å². The van der Waals surface area contributed by atoms with Crippen LogP contribution in [0.2, 0.25) is 0 Å². The Bertz CT molecular complexity index is 1010. The van der Waals surface area contributed by atoms with Gasteiger partial charge in [-0.3, -0.25) is 0 Å². The molecule has 6 nitrogen and oxygen atoms in total. The molecule has 0 aliphatic rings. The largest absolute Gasteiger partial charge is 0.394 e. The van der Waals surface area contributed by atoms with Gasteiger partial charge in [0.1, 0.15) is 5.82 Å². The Morgan fingerprint density at radius 1 is 1.00 bits per heavy atom. The van der Waals surface area contributed by atoms with E-state index in [0.29, 0.717) is 17.3 Å². The van der Waals surface area contributed by atoms with Gasteiger partial charge in [-0.15, -0.1) is 0 Å². The van der Waals surface area contributed by atoms with Crippen molar-refractivity contribution in [2.75, 3.05) is 17.7 Å². The van der Waals surface area contributed by atoms with Crippen LogP contribution < -0.4 is 16.0 Å². The molecule has 0 radical (unpaired) electrons. The summed E-state index contributed by atoms with van der Waals surface area (Å²) in [5, 5.41) is 18.4. The van der Waals surface area contributed by atoms with E-state index in [-0.39, 0.29) is 0 Å². The average molecular weight is 370 g/mol. The van der Waals surface area contributed by atoms with E-state index in [0.717, 1.165) is 28.1 Å². The van der Waals surface area contributed by atoms with E-state index < -0.39 is 0 Å². The Kier molecular flexibility index (Phi) is 5.87. The Morgan fingerprint density at radius 2 is 1.71 bits per heavy atom. The van der Waals surface area contributed by atoms with Gasteiger partial charge in [0, 0.05) is 24.6 Å². The molecule has 0 unspecified atom stereocenters. The van der Waals surface area contributed by atoms with Crippen molar-refractivity contribution in [3.8, 4) is 6.07 Å². The van der Waals surface area contributed by atoms with Crippen LogP contribution in [0.1, 0.15) is 22.3 Å². The van der Waals surface area contributed by atoms with Crippen LogP contribution in [0.15, 0.2) is 54.9 Å². The van der Waals surface area contributed by atoms with Crippen molar-refractivity contribution in [2.45, 2.75) is 13.8 Å². The Morgan fingerprint density at radius 3 is 2.36 bits per heavy atom. The molecule has 0 spiro atoms. The smallest absolute Gasteiger partial charge is 0.229 e. The lowest BCUT2D eigenvalue weighted by atomic mass is 10.0. The molecule has 3 N–H and O–H groups in total. The van der Waals surface area contributed by atoms with Gasteiger partial charge in [-0.05, 0) is 85.3 Å². The van der Waals surface area contributed by atoms with E-state index >= 15 is 0 Å². The third-order valence-electron chi connectivity index (χ3n) is 4.18. The third-order valence-corrected chi connectivity index (χ3v) is 4.18. The quantitative estimate of drug-likeness (QED) is 0.586. The summed E-state index contributed by atoms with van der Waals surface area (Å²) in [5.74, 6) is 1.19. The minimum Gasteiger partial charge on any atom is -0.394 e. The van der Waals surface area contributed by atoms with Crippen LogP contribution in [0.3, 0.4) is 0 Å². The number of benzene rings is 2. The highest BCUT2D eigenvalue weighted by atomic mass is 15.1. The number of hydrogen-bond donors (Lipinski definition) is 3. The molecular weight excluding hydrogens is 348 g/mol. The summed E-state index contributed by atoms with van der Waals surface area (Å²) in [6, 6.07) is 15.3. The van der Waals surface area contributed by atoms with E-state index in [1.54, 1.807) is 18.3 Å². The first-order valence-electron chi connectivity index (χ1n) is 8.91. The Labute approximate surface area is 165 Å². The highest BCUT2D eigenvalue weighted by molar-refractivity contribution is 5.69. The third kappa shape index (κ3) is 4.65. The monoisotopic (exact) mass is 370 g/mol. The number of nitrogens with zero attached hydrogens (tertiary/aromatic N) is 3. The van der Waals surface area contributed by atoms with Crippen molar-refractivity contribution in [1.82, 2.24) is 15.3 Å². The first-order chi connectivity index (χ1) is 13.6. The van der Waals surface area contributed by atoms with Crippen LogP contribution in [0.5, 0.6) is 0 Å². The summed E-state index contributed by atoms with van der Waals surface area (Å²) >= 11 is 0.